The second-order valence-corrected chi connectivity index (χ2v) is 7.76. The molecule has 2 saturated heterocycles. The van der Waals surface area contributed by atoms with Crippen LogP contribution in [0.3, 0.4) is 0 Å². The van der Waals surface area contributed by atoms with Crippen molar-refractivity contribution in [2.24, 2.45) is 0 Å². The van der Waals surface area contributed by atoms with Gasteiger partial charge in [-0.05, 0) is 13.0 Å². The van der Waals surface area contributed by atoms with E-state index in [4.69, 9.17) is 14.2 Å². The fourth-order valence-electron chi connectivity index (χ4n) is 4.11. The van der Waals surface area contributed by atoms with Gasteiger partial charge in [-0.15, -0.1) is 0 Å². The maximum absolute atomic E-state index is 12.7. The highest BCUT2D eigenvalue weighted by molar-refractivity contribution is 6.35. The zero-order valence-electron chi connectivity index (χ0n) is 19.3. The van der Waals surface area contributed by atoms with Crippen LogP contribution in [0.2, 0.25) is 0 Å². The number of amides is 3. The van der Waals surface area contributed by atoms with E-state index in [1.165, 1.54) is 9.80 Å². The first kappa shape index (κ1) is 23.6. The lowest BCUT2D eigenvalue weighted by atomic mass is 10.1. The number of hydrogen-bond acceptors (Lipinski definition) is 7. The highest BCUT2D eigenvalue weighted by Gasteiger charge is 2.34. The summed E-state index contributed by atoms with van der Waals surface area (Å²) in [7, 11) is 4.76. The minimum absolute atomic E-state index is 0.0500. The van der Waals surface area contributed by atoms with E-state index in [1.54, 1.807) is 26.2 Å². The summed E-state index contributed by atoms with van der Waals surface area (Å²) in [5, 5.41) is 0. The van der Waals surface area contributed by atoms with Gasteiger partial charge in [-0.1, -0.05) is 6.07 Å². The molecule has 3 amide bonds. The molecule has 2 heterocycles. The predicted molar refractivity (Wildman–Crippen MR) is 117 cm³/mol. The van der Waals surface area contributed by atoms with Gasteiger partial charge in [0.2, 0.25) is 11.7 Å². The number of ether oxygens (including phenoxy) is 3. The van der Waals surface area contributed by atoms with Crippen LogP contribution >= 0.6 is 0 Å². The number of hydrogen-bond donors (Lipinski definition) is 0. The van der Waals surface area contributed by atoms with E-state index in [9.17, 15) is 14.4 Å². The maximum Gasteiger partial charge on any atom is 0.312 e. The third-order valence-corrected chi connectivity index (χ3v) is 6.01. The van der Waals surface area contributed by atoms with Gasteiger partial charge in [-0.3, -0.25) is 19.3 Å². The quantitative estimate of drug-likeness (QED) is 0.519. The van der Waals surface area contributed by atoms with Crippen molar-refractivity contribution in [1.82, 2.24) is 19.6 Å². The van der Waals surface area contributed by atoms with E-state index >= 15 is 0 Å². The van der Waals surface area contributed by atoms with Crippen LogP contribution in [0.1, 0.15) is 12.5 Å². The first-order valence-electron chi connectivity index (χ1n) is 10.8. The third kappa shape index (κ3) is 4.90. The lowest BCUT2D eigenvalue weighted by Gasteiger charge is -2.37. The van der Waals surface area contributed by atoms with Crippen LogP contribution in [0.5, 0.6) is 17.2 Å². The molecule has 0 saturated carbocycles. The summed E-state index contributed by atoms with van der Waals surface area (Å²) in [6.07, 6.45) is 0. The average Bonchev–Trinajstić information content (AvgIpc) is 2.82. The van der Waals surface area contributed by atoms with E-state index < -0.39 is 11.8 Å². The summed E-state index contributed by atoms with van der Waals surface area (Å²) in [6, 6.07) is 3.81. The van der Waals surface area contributed by atoms with Gasteiger partial charge in [0.1, 0.15) is 6.54 Å². The van der Waals surface area contributed by atoms with Gasteiger partial charge < -0.3 is 28.9 Å². The Morgan fingerprint density at radius 3 is 2.06 bits per heavy atom. The van der Waals surface area contributed by atoms with Gasteiger partial charge in [0, 0.05) is 57.9 Å². The van der Waals surface area contributed by atoms with Gasteiger partial charge >= 0.3 is 11.8 Å². The van der Waals surface area contributed by atoms with Crippen LogP contribution in [-0.4, -0.2) is 111 Å². The average molecular weight is 449 g/mol. The molecule has 0 atom stereocenters. The molecule has 1 aromatic rings. The number of benzene rings is 1. The highest BCUT2D eigenvalue weighted by Crippen LogP contribution is 2.40. The largest absolute Gasteiger partial charge is 0.493 e. The summed E-state index contributed by atoms with van der Waals surface area (Å²) in [5.74, 6) is 0.560. The van der Waals surface area contributed by atoms with Crippen molar-refractivity contribution in [1.29, 1.82) is 0 Å². The summed E-state index contributed by atoms with van der Waals surface area (Å²) >= 11 is 0. The molecule has 2 aliphatic heterocycles. The Balaban J connectivity index is 1.55. The molecule has 2 aliphatic rings. The highest BCUT2D eigenvalue weighted by atomic mass is 16.5. The predicted octanol–water partition coefficient (Wildman–Crippen LogP) is 0.0473. The third-order valence-electron chi connectivity index (χ3n) is 6.01. The topological polar surface area (TPSA) is 91.9 Å². The first-order valence-corrected chi connectivity index (χ1v) is 10.8. The number of carbonyl (C=O) groups excluding carboxylic acids is 3. The summed E-state index contributed by atoms with van der Waals surface area (Å²) in [5.41, 5.74) is 0.975. The molecule has 10 heteroatoms. The molecule has 176 valence electrons. The molecular weight excluding hydrogens is 416 g/mol. The van der Waals surface area contributed by atoms with Crippen molar-refractivity contribution >= 4 is 17.7 Å². The molecule has 0 unspecified atom stereocenters. The SMILES string of the molecule is CCN1CCN(CC(=O)N2CCN(Cc3ccc(OC)c(OC)c3OC)CC2)C(=O)C1=O. The number of rotatable bonds is 8. The molecular formula is C22H32N4O6. The molecule has 3 rings (SSSR count). The van der Waals surface area contributed by atoms with E-state index in [0.717, 1.165) is 5.56 Å². The normalized spacial score (nSPS) is 17.6. The minimum Gasteiger partial charge on any atom is -0.493 e. The molecule has 1 aromatic carbocycles. The van der Waals surface area contributed by atoms with Crippen LogP contribution in [0, 0.1) is 0 Å². The summed E-state index contributed by atoms with van der Waals surface area (Å²) in [4.78, 5) is 43.9. The van der Waals surface area contributed by atoms with Crippen LogP contribution in [0.25, 0.3) is 0 Å². The Labute approximate surface area is 188 Å². The maximum atomic E-state index is 12.7. The Morgan fingerprint density at radius 1 is 0.844 bits per heavy atom. The Hall–Kier alpha value is -3.01. The molecule has 32 heavy (non-hydrogen) atoms. The van der Waals surface area contributed by atoms with E-state index in [0.29, 0.717) is 69.6 Å². The second-order valence-electron chi connectivity index (χ2n) is 7.76. The number of methoxy groups -OCH3 is 3. The summed E-state index contributed by atoms with van der Waals surface area (Å²) in [6.45, 7) is 6.31. The first-order chi connectivity index (χ1) is 15.4. The Morgan fingerprint density at radius 2 is 1.47 bits per heavy atom. The van der Waals surface area contributed by atoms with Gasteiger partial charge in [0.15, 0.2) is 11.5 Å². The lowest BCUT2D eigenvalue weighted by Crippen LogP contribution is -2.57. The molecule has 2 fully saturated rings. The monoisotopic (exact) mass is 448 g/mol. The lowest BCUT2D eigenvalue weighted by molar-refractivity contribution is -0.157. The standard InChI is InChI=1S/C22H32N4O6/c1-5-24-12-13-26(22(29)21(24)28)15-18(27)25-10-8-23(9-11-25)14-16-6-7-17(30-2)20(32-4)19(16)31-3/h6-7H,5,8-15H2,1-4H3. The van der Waals surface area contributed by atoms with Crippen LogP contribution in [-0.2, 0) is 20.9 Å². The van der Waals surface area contributed by atoms with Crippen molar-refractivity contribution in [3.8, 4) is 17.2 Å². The molecule has 0 N–H and O–H groups in total. The number of carbonyl (C=O) groups is 3. The molecule has 0 bridgehead atoms. The zero-order valence-corrected chi connectivity index (χ0v) is 19.3. The van der Waals surface area contributed by atoms with Crippen molar-refractivity contribution in [2.45, 2.75) is 13.5 Å². The van der Waals surface area contributed by atoms with E-state index in [-0.39, 0.29) is 12.5 Å². The molecule has 0 spiro atoms. The zero-order chi connectivity index (χ0) is 23.3. The molecule has 0 radical (unpaired) electrons. The van der Waals surface area contributed by atoms with Gasteiger partial charge in [-0.25, -0.2) is 0 Å². The fraction of sp³-hybridized carbons (Fsp3) is 0.591. The minimum atomic E-state index is -0.592. The number of nitrogens with zero attached hydrogens (tertiary/aromatic N) is 4. The van der Waals surface area contributed by atoms with Crippen LogP contribution in [0.15, 0.2) is 12.1 Å². The Kier molecular flexibility index (Phi) is 7.79. The van der Waals surface area contributed by atoms with Crippen molar-refractivity contribution in [2.75, 3.05) is 73.7 Å². The smallest absolute Gasteiger partial charge is 0.312 e. The van der Waals surface area contributed by atoms with Crippen LogP contribution < -0.4 is 14.2 Å². The van der Waals surface area contributed by atoms with Crippen molar-refractivity contribution in [3.05, 3.63) is 17.7 Å². The number of piperazine rings is 2. The molecule has 0 aliphatic carbocycles. The fourth-order valence-corrected chi connectivity index (χ4v) is 4.11. The van der Waals surface area contributed by atoms with Gasteiger partial charge in [-0.2, -0.15) is 0 Å². The van der Waals surface area contributed by atoms with Gasteiger partial charge in [0.05, 0.1) is 21.3 Å². The molecule has 10 nitrogen and oxygen atoms in total. The summed E-state index contributed by atoms with van der Waals surface area (Å²) < 4.78 is 16.4. The van der Waals surface area contributed by atoms with Crippen molar-refractivity contribution < 1.29 is 28.6 Å². The number of likely N-dealkylation sites (N-methyl/N-ethyl adjacent to an activating group) is 1. The second kappa shape index (κ2) is 10.5. The van der Waals surface area contributed by atoms with Crippen LogP contribution in [0.4, 0.5) is 0 Å². The van der Waals surface area contributed by atoms with E-state index in [1.807, 2.05) is 19.1 Å². The van der Waals surface area contributed by atoms with E-state index in [2.05, 4.69) is 4.90 Å². The Bertz CT molecular complexity index is 853. The van der Waals surface area contributed by atoms with Gasteiger partial charge in [0.25, 0.3) is 0 Å². The van der Waals surface area contributed by atoms with Crippen molar-refractivity contribution in [3.63, 3.8) is 0 Å². The molecule has 0 aromatic heterocycles.